The van der Waals surface area contributed by atoms with E-state index in [1.165, 1.54) is 11.3 Å². The third-order valence-corrected chi connectivity index (χ3v) is 3.21. The molecular weight excluding hydrogens is 250 g/mol. The minimum Gasteiger partial charge on any atom is -0.382 e. The van der Waals surface area contributed by atoms with E-state index in [9.17, 15) is 4.79 Å². The topological polar surface area (TPSA) is 48.4 Å². The van der Waals surface area contributed by atoms with Gasteiger partial charge < -0.3 is 9.47 Å². The summed E-state index contributed by atoms with van der Waals surface area (Å²) in [6, 6.07) is 0. The highest BCUT2D eigenvalue weighted by atomic mass is 32.1. The van der Waals surface area contributed by atoms with Crippen molar-refractivity contribution in [2.75, 3.05) is 26.9 Å². The third-order valence-electron chi connectivity index (χ3n) is 2.36. The van der Waals surface area contributed by atoms with E-state index in [2.05, 4.69) is 25.8 Å². The Hall–Kier alpha value is -0.780. The number of rotatable bonds is 7. The molecule has 0 fully saturated rings. The van der Waals surface area contributed by atoms with Crippen molar-refractivity contribution in [1.29, 1.82) is 0 Å². The maximum atomic E-state index is 11.6. The van der Waals surface area contributed by atoms with Gasteiger partial charge in [-0.05, 0) is 0 Å². The highest BCUT2D eigenvalue weighted by Gasteiger charge is 2.18. The van der Waals surface area contributed by atoms with Gasteiger partial charge in [-0.25, -0.2) is 4.98 Å². The fraction of sp³-hybridized carbons (Fsp3) is 0.692. The molecule has 0 aliphatic carbocycles. The molecule has 0 saturated heterocycles. The first-order chi connectivity index (χ1) is 8.43. The van der Waals surface area contributed by atoms with Gasteiger partial charge in [0.15, 0.2) is 5.78 Å². The fourth-order valence-corrected chi connectivity index (χ4v) is 2.33. The molecular formula is C13H21NO3S. The van der Waals surface area contributed by atoms with Gasteiger partial charge in [0, 0.05) is 17.9 Å². The summed E-state index contributed by atoms with van der Waals surface area (Å²) in [5.74, 6) is 0.0564. The van der Waals surface area contributed by atoms with Gasteiger partial charge in [0.05, 0.1) is 25.3 Å². The second kappa shape index (κ2) is 6.97. The van der Waals surface area contributed by atoms with E-state index in [0.717, 1.165) is 10.7 Å². The summed E-state index contributed by atoms with van der Waals surface area (Å²) in [5, 5.41) is 2.88. The van der Waals surface area contributed by atoms with Crippen LogP contribution in [0, 0.1) is 0 Å². The van der Waals surface area contributed by atoms with Crippen LogP contribution in [0.3, 0.4) is 0 Å². The molecule has 1 rings (SSSR count). The summed E-state index contributed by atoms with van der Waals surface area (Å²) in [4.78, 5) is 16.1. The van der Waals surface area contributed by atoms with Crippen LogP contribution in [-0.4, -0.2) is 37.7 Å². The summed E-state index contributed by atoms with van der Waals surface area (Å²) < 4.78 is 10.0. The van der Waals surface area contributed by atoms with Crippen molar-refractivity contribution in [3.05, 3.63) is 16.1 Å². The van der Waals surface area contributed by atoms with Crippen LogP contribution in [0.1, 0.15) is 31.5 Å². The minimum absolute atomic E-state index is 0.0345. The largest absolute Gasteiger partial charge is 0.382 e. The Morgan fingerprint density at radius 1 is 1.39 bits per heavy atom. The van der Waals surface area contributed by atoms with Crippen molar-refractivity contribution < 1.29 is 14.3 Å². The van der Waals surface area contributed by atoms with Gasteiger partial charge in [-0.1, -0.05) is 20.8 Å². The monoisotopic (exact) mass is 271 g/mol. The number of ketones is 1. The van der Waals surface area contributed by atoms with Crippen LogP contribution in [0.2, 0.25) is 0 Å². The van der Waals surface area contributed by atoms with Crippen molar-refractivity contribution in [1.82, 2.24) is 4.98 Å². The molecule has 0 atom stereocenters. The summed E-state index contributed by atoms with van der Waals surface area (Å²) in [6.07, 6.45) is 0.355. The van der Waals surface area contributed by atoms with Crippen LogP contribution < -0.4 is 0 Å². The van der Waals surface area contributed by atoms with Gasteiger partial charge in [-0.15, -0.1) is 11.3 Å². The van der Waals surface area contributed by atoms with E-state index < -0.39 is 0 Å². The second-order valence-electron chi connectivity index (χ2n) is 5.14. The van der Waals surface area contributed by atoms with Gasteiger partial charge >= 0.3 is 0 Å². The van der Waals surface area contributed by atoms with E-state index >= 15 is 0 Å². The van der Waals surface area contributed by atoms with Gasteiger partial charge in [0.1, 0.15) is 11.6 Å². The molecule has 0 amide bonds. The molecule has 5 heteroatoms. The predicted molar refractivity (Wildman–Crippen MR) is 72.2 cm³/mol. The number of carbonyl (C=O) groups is 1. The van der Waals surface area contributed by atoms with Crippen molar-refractivity contribution in [3.63, 3.8) is 0 Å². The predicted octanol–water partition coefficient (Wildman–Crippen LogP) is 2.22. The lowest BCUT2D eigenvalue weighted by Gasteiger charge is -2.14. The van der Waals surface area contributed by atoms with Crippen molar-refractivity contribution in [3.8, 4) is 0 Å². The first-order valence-corrected chi connectivity index (χ1v) is 6.84. The summed E-state index contributed by atoms with van der Waals surface area (Å²) in [5.41, 5.74) is 1.07. The van der Waals surface area contributed by atoms with E-state index in [1.54, 1.807) is 7.11 Å². The number of hydrogen-bond acceptors (Lipinski definition) is 5. The first-order valence-electron chi connectivity index (χ1n) is 5.96. The zero-order valence-corrected chi connectivity index (χ0v) is 12.3. The summed E-state index contributed by atoms with van der Waals surface area (Å²) in [7, 11) is 1.61. The second-order valence-corrected chi connectivity index (χ2v) is 6.08. The summed E-state index contributed by atoms with van der Waals surface area (Å²) in [6.45, 7) is 7.43. The molecule has 0 spiro atoms. The standard InChI is InChI=1S/C13H21NO3S/c1-13(2,3)11-9-18-12(14-11)7-10(15)8-17-6-5-16-4/h9H,5-8H2,1-4H3. The van der Waals surface area contributed by atoms with Crippen molar-refractivity contribution >= 4 is 17.1 Å². The van der Waals surface area contributed by atoms with Gasteiger partial charge in [-0.3, -0.25) is 4.79 Å². The molecule has 4 nitrogen and oxygen atoms in total. The Morgan fingerprint density at radius 2 is 2.11 bits per heavy atom. The number of thiazole rings is 1. The molecule has 0 aliphatic rings. The average Bonchev–Trinajstić information content (AvgIpc) is 2.72. The highest BCUT2D eigenvalue weighted by Crippen LogP contribution is 2.24. The van der Waals surface area contributed by atoms with Gasteiger partial charge in [0.2, 0.25) is 0 Å². The molecule has 0 unspecified atom stereocenters. The number of nitrogens with zero attached hydrogens (tertiary/aromatic N) is 1. The van der Waals surface area contributed by atoms with E-state index in [4.69, 9.17) is 9.47 Å². The van der Waals surface area contributed by atoms with Crippen LogP contribution in [-0.2, 0) is 26.1 Å². The van der Waals surface area contributed by atoms with Crippen LogP contribution in [0.5, 0.6) is 0 Å². The number of hydrogen-bond donors (Lipinski definition) is 0. The molecule has 0 saturated carbocycles. The lowest BCUT2D eigenvalue weighted by atomic mass is 9.93. The van der Waals surface area contributed by atoms with Crippen LogP contribution in [0.25, 0.3) is 0 Å². The zero-order valence-electron chi connectivity index (χ0n) is 11.5. The van der Waals surface area contributed by atoms with Gasteiger partial charge in [-0.2, -0.15) is 0 Å². The lowest BCUT2D eigenvalue weighted by molar-refractivity contribution is -0.123. The molecule has 1 heterocycles. The van der Waals surface area contributed by atoms with E-state index in [0.29, 0.717) is 19.6 Å². The van der Waals surface area contributed by atoms with Crippen LogP contribution in [0.4, 0.5) is 0 Å². The number of aromatic nitrogens is 1. The molecule has 0 bridgehead atoms. The zero-order chi connectivity index (χ0) is 13.6. The Labute approximate surface area is 112 Å². The van der Waals surface area contributed by atoms with E-state index in [-0.39, 0.29) is 17.8 Å². The fourth-order valence-electron chi connectivity index (χ4n) is 1.28. The highest BCUT2D eigenvalue weighted by molar-refractivity contribution is 7.09. The molecule has 0 N–H and O–H groups in total. The maximum absolute atomic E-state index is 11.6. The molecule has 0 aromatic carbocycles. The molecule has 1 aromatic heterocycles. The maximum Gasteiger partial charge on any atom is 0.165 e. The number of Topliss-reactive ketones (excluding diaryl/α,β-unsaturated/α-hetero) is 1. The third kappa shape index (κ3) is 5.25. The van der Waals surface area contributed by atoms with Crippen LogP contribution in [0.15, 0.2) is 5.38 Å². The van der Waals surface area contributed by atoms with Gasteiger partial charge in [0.25, 0.3) is 0 Å². The first kappa shape index (κ1) is 15.3. The number of carbonyl (C=O) groups excluding carboxylic acids is 1. The molecule has 0 radical (unpaired) electrons. The Kier molecular flexibility index (Phi) is 5.91. The molecule has 1 aromatic rings. The quantitative estimate of drug-likeness (QED) is 0.713. The van der Waals surface area contributed by atoms with E-state index in [1.807, 2.05) is 5.38 Å². The SMILES string of the molecule is COCCOCC(=O)Cc1nc(C(C)(C)C)cs1. The summed E-state index contributed by atoms with van der Waals surface area (Å²) >= 11 is 1.54. The average molecular weight is 271 g/mol. The lowest BCUT2D eigenvalue weighted by Crippen LogP contribution is -2.15. The van der Waals surface area contributed by atoms with Crippen molar-refractivity contribution in [2.45, 2.75) is 32.6 Å². The Bertz CT molecular complexity index is 382. The Morgan fingerprint density at radius 3 is 2.67 bits per heavy atom. The Balaban J connectivity index is 2.38. The number of methoxy groups -OCH3 is 1. The minimum atomic E-state index is 0.0345. The molecule has 0 aliphatic heterocycles. The molecule has 18 heavy (non-hydrogen) atoms. The van der Waals surface area contributed by atoms with Crippen molar-refractivity contribution in [2.24, 2.45) is 0 Å². The number of ether oxygens (including phenoxy) is 2. The molecule has 102 valence electrons. The smallest absolute Gasteiger partial charge is 0.165 e. The normalized spacial score (nSPS) is 11.8. The van der Waals surface area contributed by atoms with Crippen LogP contribution >= 0.6 is 11.3 Å².